The number of alkyl halides is 2. The van der Waals surface area contributed by atoms with Crippen LogP contribution in [0.25, 0.3) is 55.7 Å². The Hall–Kier alpha value is -4.91. The summed E-state index contributed by atoms with van der Waals surface area (Å²) >= 11 is 0. The van der Waals surface area contributed by atoms with Crippen LogP contribution in [-0.4, -0.2) is 100 Å². The van der Waals surface area contributed by atoms with Crippen molar-refractivity contribution in [2.24, 2.45) is 0 Å². The Kier molecular flexibility index (Phi) is 8.81. The Morgan fingerprint density at radius 1 is 0.961 bits per heavy atom. The molecule has 1 aliphatic heterocycles. The van der Waals surface area contributed by atoms with Crippen LogP contribution in [0, 0.1) is 5.82 Å². The summed E-state index contributed by atoms with van der Waals surface area (Å²) < 4.78 is 90.7. The minimum Gasteiger partial charge on any atom is -0.384 e. The lowest BCUT2D eigenvalue weighted by molar-refractivity contribution is 0.0115. The molecular weight excluding hydrogens is 708 g/mol. The number of hydrogen-bond acceptors (Lipinski definition) is 10. The molecule has 1 aromatic carbocycles. The number of hydrogen-bond donors (Lipinski definition) is 3. The maximum atomic E-state index is 14.9. The van der Waals surface area contributed by atoms with Gasteiger partial charge in [-0.1, -0.05) is 3.71 Å². The van der Waals surface area contributed by atoms with Crippen LogP contribution in [0.2, 0.25) is 0 Å². The van der Waals surface area contributed by atoms with Gasteiger partial charge in [-0.2, -0.15) is 5.10 Å². The van der Waals surface area contributed by atoms with E-state index in [-0.39, 0.29) is 26.1 Å². The fourth-order valence-corrected chi connectivity index (χ4v) is 9.13. The third-order valence-electron chi connectivity index (χ3n) is 8.55. The van der Waals surface area contributed by atoms with E-state index >= 15 is 0 Å². The van der Waals surface area contributed by atoms with E-state index < -0.39 is 31.8 Å². The zero-order chi connectivity index (χ0) is 36.1. The molecule has 0 amide bonds. The Bertz CT molecular complexity index is 2470. The van der Waals surface area contributed by atoms with Crippen molar-refractivity contribution in [2.45, 2.75) is 18.9 Å². The van der Waals surface area contributed by atoms with Gasteiger partial charge in [0.1, 0.15) is 17.2 Å². The quantitative estimate of drug-likeness (QED) is 0.167. The monoisotopic (exact) mass is 739 g/mol. The molecule has 1 fully saturated rings. The lowest BCUT2D eigenvalue weighted by atomic mass is 10.0. The van der Waals surface area contributed by atoms with Crippen LogP contribution < -0.4 is 5.32 Å². The van der Waals surface area contributed by atoms with Gasteiger partial charge in [-0.25, -0.2) is 35.0 Å². The first-order valence-electron chi connectivity index (χ1n) is 15.7. The maximum Gasteiger partial charge on any atom is 0.261 e. The van der Waals surface area contributed by atoms with Crippen molar-refractivity contribution in [3.8, 4) is 33.8 Å². The average Bonchev–Trinajstić information content (AvgIpc) is 3.77. The highest BCUT2D eigenvalue weighted by Gasteiger charge is 2.38. The molecule has 0 atom stereocenters. The van der Waals surface area contributed by atoms with Gasteiger partial charge in [-0.15, -0.1) is 0 Å². The fraction of sp³-hybridized carbons (Fsp3) is 0.273. The molecule has 0 radical (unpaired) electrons. The smallest absolute Gasteiger partial charge is 0.261 e. The maximum absolute atomic E-state index is 14.9. The first kappa shape index (κ1) is 34.5. The van der Waals surface area contributed by atoms with Crippen molar-refractivity contribution < 1.29 is 30.0 Å². The van der Waals surface area contributed by atoms with E-state index in [9.17, 15) is 30.0 Å². The van der Waals surface area contributed by atoms with Crippen LogP contribution in [0.1, 0.15) is 12.0 Å². The zero-order valence-electron chi connectivity index (χ0n) is 27.4. The summed E-state index contributed by atoms with van der Waals surface area (Å²) in [5.74, 6) is -3.24. The topological polar surface area (TPSA) is 170 Å². The SMILES string of the molecule is CS(=O)(=O)N(CCNc1cc(F)cc(-c2ccnc3[nH]c(-c4n[nH]c5cnc(-c6cncc(CN7CCC(F)(F)C7)c6)cc45)cc23)c1)S(C)(=O)=O. The molecule has 5 aromatic heterocycles. The van der Waals surface area contributed by atoms with E-state index in [4.69, 9.17) is 0 Å². The summed E-state index contributed by atoms with van der Waals surface area (Å²) in [7, 11) is -8.06. The normalized spacial score (nSPS) is 15.3. The minimum atomic E-state index is -4.03. The van der Waals surface area contributed by atoms with E-state index in [1.165, 1.54) is 12.1 Å². The summed E-state index contributed by atoms with van der Waals surface area (Å²) in [5, 5.41) is 11.9. The molecule has 13 nitrogen and oxygen atoms in total. The molecule has 51 heavy (non-hydrogen) atoms. The number of aromatic nitrogens is 6. The summed E-state index contributed by atoms with van der Waals surface area (Å²) in [4.78, 5) is 18.4. The van der Waals surface area contributed by atoms with Crippen LogP contribution in [0.5, 0.6) is 0 Å². The van der Waals surface area contributed by atoms with Crippen molar-refractivity contribution in [2.75, 3.05) is 44.0 Å². The first-order chi connectivity index (χ1) is 24.1. The van der Waals surface area contributed by atoms with Crippen LogP contribution in [0.3, 0.4) is 0 Å². The molecule has 0 spiro atoms. The largest absolute Gasteiger partial charge is 0.384 e. The number of pyridine rings is 3. The third-order valence-corrected chi connectivity index (χ3v) is 12.0. The predicted molar refractivity (Wildman–Crippen MR) is 187 cm³/mol. The van der Waals surface area contributed by atoms with E-state index in [2.05, 4.69) is 35.5 Å². The number of aromatic amines is 2. The van der Waals surface area contributed by atoms with Crippen LogP contribution in [-0.2, 0) is 26.6 Å². The second kappa shape index (κ2) is 13.0. The molecule has 0 unspecified atom stereocenters. The molecule has 3 N–H and O–H groups in total. The molecule has 18 heteroatoms. The molecule has 266 valence electrons. The van der Waals surface area contributed by atoms with Crippen LogP contribution in [0.4, 0.5) is 18.9 Å². The molecule has 7 rings (SSSR count). The average molecular weight is 740 g/mol. The van der Waals surface area contributed by atoms with Crippen molar-refractivity contribution >= 4 is 47.7 Å². The van der Waals surface area contributed by atoms with Gasteiger partial charge in [0.15, 0.2) is 0 Å². The molecule has 6 heterocycles. The molecular formula is C33H32F3N9O4S2. The van der Waals surface area contributed by atoms with E-state index in [0.717, 1.165) is 29.0 Å². The Morgan fingerprint density at radius 2 is 1.76 bits per heavy atom. The highest BCUT2D eigenvalue weighted by molar-refractivity contribution is 8.03. The molecule has 1 aliphatic rings. The van der Waals surface area contributed by atoms with Gasteiger partial charge in [-0.05, 0) is 59.2 Å². The second-order valence-corrected chi connectivity index (χ2v) is 16.6. The van der Waals surface area contributed by atoms with Gasteiger partial charge in [0.2, 0.25) is 20.0 Å². The number of rotatable bonds is 11. The lowest BCUT2D eigenvalue weighted by Gasteiger charge is -2.18. The van der Waals surface area contributed by atoms with E-state index in [0.29, 0.717) is 67.2 Å². The van der Waals surface area contributed by atoms with Crippen LogP contribution in [0.15, 0.2) is 67.3 Å². The van der Waals surface area contributed by atoms with Gasteiger partial charge in [0.05, 0.1) is 42.2 Å². The van der Waals surface area contributed by atoms with Gasteiger partial charge >= 0.3 is 0 Å². The first-order valence-corrected chi connectivity index (χ1v) is 19.4. The van der Waals surface area contributed by atoms with E-state index in [1.807, 2.05) is 18.2 Å². The number of nitrogens with one attached hydrogen (secondary N) is 3. The number of sulfonamides is 2. The van der Waals surface area contributed by atoms with Gasteiger partial charge in [-0.3, -0.25) is 20.0 Å². The highest BCUT2D eigenvalue weighted by Crippen LogP contribution is 2.35. The van der Waals surface area contributed by atoms with Gasteiger partial charge in [0.25, 0.3) is 5.92 Å². The van der Waals surface area contributed by atoms with Gasteiger partial charge < -0.3 is 10.3 Å². The molecule has 0 bridgehead atoms. The molecule has 6 aromatic rings. The number of anilines is 1. The number of benzene rings is 1. The molecule has 0 saturated carbocycles. The highest BCUT2D eigenvalue weighted by atomic mass is 32.3. The summed E-state index contributed by atoms with van der Waals surface area (Å²) in [6, 6.07) is 11.6. The summed E-state index contributed by atoms with van der Waals surface area (Å²) in [6.07, 6.45) is 8.03. The number of nitrogens with zero attached hydrogens (tertiary/aromatic N) is 6. The fourth-order valence-electron chi connectivity index (χ4n) is 6.32. The Labute approximate surface area is 291 Å². The number of fused-ring (bicyclic) bond motifs is 2. The summed E-state index contributed by atoms with van der Waals surface area (Å²) in [5.41, 5.74) is 6.04. The van der Waals surface area contributed by atoms with Gasteiger partial charge in [0, 0.05) is 73.2 Å². The number of halogens is 3. The predicted octanol–water partition coefficient (Wildman–Crippen LogP) is 4.84. The zero-order valence-corrected chi connectivity index (χ0v) is 29.0. The Morgan fingerprint density at radius 3 is 2.51 bits per heavy atom. The van der Waals surface area contributed by atoms with Crippen molar-refractivity contribution in [3.05, 3.63) is 78.6 Å². The second-order valence-electron chi connectivity index (χ2n) is 12.6. The standard InChI is InChI=1S/C33H32F3N9O4S2/c1-50(46,47)45(51(2,48)49)8-6-38-24-11-21(10-23(34)12-24)25-3-5-39-32-26(25)13-29(41-32)31-27-14-28(40-17-30(27)42-43-31)22-9-20(15-37-16-22)18-44-7-4-33(35,36)19-44/h3,5,9-17,38H,4,6-8,18-19H2,1-2H3,(H,39,41)(H,42,43). The number of H-pyrrole nitrogens is 2. The Balaban J connectivity index is 1.16. The van der Waals surface area contributed by atoms with Crippen molar-refractivity contribution in [1.29, 1.82) is 0 Å². The van der Waals surface area contributed by atoms with Crippen LogP contribution >= 0.6 is 0 Å². The van der Waals surface area contributed by atoms with Crippen molar-refractivity contribution in [3.63, 3.8) is 0 Å². The molecule has 1 saturated heterocycles. The summed E-state index contributed by atoms with van der Waals surface area (Å²) in [6.45, 7) is -0.0753. The van der Waals surface area contributed by atoms with Crippen molar-refractivity contribution in [1.82, 2.24) is 38.7 Å². The number of likely N-dealkylation sites (tertiary alicyclic amines) is 1. The minimum absolute atomic E-state index is 0.0934. The van der Waals surface area contributed by atoms with E-state index in [1.54, 1.807) is 41.8 Å². The third kappa shape index (κ3) is 7.44. The molecule has 0 aliphatic carbocycles. The lowest BCUT2D eigenvalue weighted by Crippen LogP contribution is -2.38.